The maximum atomic E-state index is 6.23. The molecule has 2 N–H and O–H groups in total. The number of rotatable bonds is 7. The molecule has 1 atom stereocenters. The van der Waals surface area contributed by atoms with E-state index in [1.165, 1.54) is 17.5 Å². The fourth-order valence-electron chi connectivity index (χ4n) is 3.36. The van der Waals surface area contributed by atoms with Gasteiger partial charge < -0.3 is 15.2 Å². The molecule has 0 heterocycles. The Kier molecular flexibility index (Phi) is 5.62. The third-order valence-corrected chi connectivity index (χ3v) is 4.70. The van der Waals surface area contributed by atoms with Gasteiger partial charge in [0, 0.05) is 19.7 Å². The number of hydrogen-bond donors (Lipinski definition) is 1. The Bertz CT molecular complexity index is 464. The molecule has 0 aliphatic heterocycles. The van der Waals surface area contributed by atoms with E-state index in [1.54, 1.807) is 7.11 Å². The SMILES string of the molecule is CCOCCN(C)C1(CN)CCCc2ccc(OC)cc21. The number of aryl methyl sites for hydroxylation is 1. The number of nitrogens with two attached hydrogens (primary N) is 1. The molecule has 1 aliphatic carbocycles. The molecule has 4 heteroatoms. The van der Waals surface area contributed by atoms with Crippen LogP contribution in [0.25, 0.3) is 0 Å². The molecule has 2 rings (SSSR count). The molecule has 0 aromatic heterocycles. The Morgan fingerprint density at radius 2 is 2.19 bits per heavy atom. The second-order valence-corrected chi connectivity index (χ2v) is 5.73. The van der Waals surface area contributed by atoms with Gasteiger partial charge in [-0.3, -0.25) is 4.90 Å². The summed E-state index contributed by atoms with van der Waals surface area (Å²) >= 11 is 0. The van der Waals surface area contributed by atoms with Crippen LogP contribution in [-0.2, 0) is 16.7 Å². The maximum Gasteiger partial charge on any atom is 0.119 e. The predicted octanol–water partition coefficient (Wildman–Crippen LogP) is 2.15. The molecule has 0 saturated carbocycles. The summed E-state index contributed by atoms with van der Waals surface area (Å²) in [5, 5.41) is 0. The molecule has 1 unspecified atom stereocenters. The Labute approximate surface area is 128 Å². The molecular weight excluding hydrogens is 264 g/mol. The van der Waals surface area contributed by atoms with Crippen molar-refractivity contribution in [1.82, 2.24) is 4.90 Å². The zero-order valence-electron chi connectivity index (χ0n) is 13.5. The van der Waals surface area contributed by atoms with Crippen molar-refractivity contribution in [2.45, 2.75) is 31.7 Å². The third-order valence-electron chi connectivity index (χ3n) is 4.70. The van der Waals surface area contributed by atoms with Gasteiger partial charge in [0.25, 0.3) is 0 Å². The van der Waals surface area contributed by atoms with Crippen molar-refractivity contribution in [3.8, 4) is 5.75 Å². The van der Waals surface area contributed by atoms with Crippen LogP contribution in [0, 0.1) is 0 Å². The molecule has 21 heavy (non-hydrogen) atoms. The Balaban J connectivity index is 2.31. The molecule has 0 radical (unpaired) electrons. The lowest BCUT2D eigenvalue weighted by molar-refractivity contribution is 0.0557. The van der Waals surface area contributed by atoms with Crippen molar-refractivity contribution in [3.63, 3.8) is 0 Å². The van der Waals surface area contributed by atoms with Gasteiger partial charge in [-0.05, 0) is 56.5 Å². The van der Waals surface area contributed by atoms with E-state index in [0.717, 1.165) is 38.3 Å². The van der Waals surface area contributed by atoms with Gasteiger partial charge in [0.2, 0.25) is 0 Å². The molecule has 1 aromatic carbocycles. The van der Waals surface area contributed by atoms with Gasteiger partial charge >= 0.3 is 0 Å². The number of nitrogens with zero attached hydrogens (tertiary/aromatic N) is 1. The van der Waals surface area contributed by atoms with Gasteiger partial charge in [-0.1, -0.05) is 6.07 Å². The van der Waals surface area contributed by atoms with Crippen molar-refractivity contribution >= 4 is 0 Å². The summed E-state index contributed by atoms with van der Waals surface area (Å²) in [6.45, 7) is 5.04. The minimum absolute atomic E-state index is 0.0980. The fraction of sp³-hybridized carbons (Fsp3) is 0.647. The minimum atomic E-state index is -0.0980. The molecule has 0 spiro atoms. The second kappa shape index (κ2) is 7.25. The largest absolute Gasteiger partial charge is 0.497 e. The zero-order valence-corrected chi connectivity index (χ0v) is 13.5. The van der Waals surface area contributed by atoms with Gasteiger partial charge in [-0.25, -0.2) is 0 Å². The van der Waals surface area contributed by atoms with E-state index >= 15 is 0 Å². The summed E-state index contributed by atoms with van der Waals surface area (Å²) in [7, 11) is 3.87. The molecule has 118 valence electrons. The molecule has 1 aliphatic rings. The van der Waals surface area contributed by atoms with E-state index in [2.05, 4.69) is 24.1 Å². The number of hydrogen-bond acceptors (Lipinski definition) is 4. The quantitative estimate of drug-likeness (QED) is 0.782. The number of likely N-dealkylation sites (N-methyl/N-ethyl adjacent to an activating group) is 1. The van der Waals surface area contributed by atoms with E-state index < -0.39 is 0 Å². The van der Waals surface area contributed by atoms with E-state index in [9.17, 15) is 0 Å². The molecule has 4 nitrogen and oxygen atoms in total. The average Bonchev–Trinajstić information content (AvgIpc) is 2.53. The van der Waals surface area contributed by atoms with Crippen LogP contribution < -0.4 is 10.5 Å². The highest BCUT2D eigenvalue weighted by molar-refractivity contribution is 5.42. The molecule has 0 bridgehead atoms. The average molecular weight is 292 g/mol. The van der Waals surface area contributed by atoms with Gasteiger partial charge in [0.05, 0.1) is 19.3 Å². The van der Waals surface area contributed by atoms with Crippen LogP contribution >= 0.6 is 0 Å². The summed E-state index contributed by atoms with van der Waals surface area (Å²) in [6, 6.07) is 6.40. The maximum absolute atomic E-state index is 6.23. The first-order chi connectivity index (χ1) is 10.2. The van der Waals surface area contributed by atoms with Crippen LogP contribution in [0.3, 0.4) is 0 Å². The first-order valence-electron chi connectivity index (χ1n) is 7.84. The molecular formula is C17H28N2O2. The molecule has 1 aromatic rings. The number of benzene rings is 1. The van der Waals surface area contributed by atoms with Gasteiger partial charge in [-0.15, -0.1) is 0 Å². The fourth-order valence-corrected chi connectivity index (χ4v) is 3.36. The Morgan fingerprint density at radius 3 is 2.86 bits per heavy atom. The first-order valence-corrected chi connectivity index (χ1v) is 7.84. The van der Waals surface area contributed by atoms with Gasteiger partial charge in [-0.2, -0.15) is 0 Å². The Hall–Kier alpha value is -1.10. The lowest BCUT2D eigenvalue weighted by Crippen LogP contribution is -2.52. The summed E-state index contributed by atoms with van der Waals surface area (Å²) < 4.78 is 10.9. The monoisotopic (exact) mass is 292 g/mol. The second-order valence-electron chi connectivity index (χ2n) is 5.73. The lowest BCUT2D eigenvalue weighted by Gasteiger charge is -2.45. The van der Waals surface area contributed by atoms with Crippen LogP contribution in [0.15, 0.2) is 18.2 Å². The third kappa shape index (κ3) is 3.23. The summed E-state index contributed by atoms with van der Waals surface area (Å²) in [5.41, 5.74) is 8.86. The number of ether oxygens (including phenoxy) is 2. The van der Waals surface area contributed by atoms with Crippen LogP contribution in [-0.4, -0.2) is 45.4 Å². The van der Waals surface area contributed by atoms with Crippen molar-refractivity contribution < 1.29 is 9.47 Å². The lowest BCUT2D eigenvalue weighted by atomic mass is 9.75. The summed E-state index contributed by atoms with van der Waals surface area (Å²) in [5.74, 6) is 0.909. The molecule has 0 fully saturated rings. The minimum Gasteiger partial charge on any atom is -0.497 e. The zero-order chi connectivity index (χ0) is 15.3. The smallest absolute Gasteiger partial charge is 0.119 e. The van der Waals surface area contributed by atoms with Crippen LogP contribution in [0.4, 0.5) is 0 Å². The van der Waals surface area contributed by atoms with Crippen molar-refractivity contribution in [2.75, 3.05) is 40.5 Å². The van der Waals surface area contributed by atoms with Gasteiger partial charge in [0.15, 0.2) is 0 Å². The first kappa shape index (κ1) is 16.3. The topological polar surface area (TPSA) is 47.7 Å². The normalized spacial score (nSPS) is 21.4. The highest BCUT2D eigenvalue weighted by Crippen LogP contribution is 2.40. The highest BCUT2D eigenvalue weighted by atomic mass is 16.5. The number of fused-ring (bicyclic) bond motifs is 1. The van der Waals surface area contributed by atoms with E-state index in [4.69, 9.17) is 15.2 Å². The number of methoxy groups -OCH3 is 1. The highest BCUT2D eigenvalue weighted by Gasteiger charge is 2.39. The Morgan fingerprint density at radius 1 is 1.38 bits per heavy atom. The van der Waals surface area contributed by atoms with Gasteiger partial charge in [0.1, 0.15) is 5.75 Å². The van der Waals surface area contributed by atoms with Crippen LogP contribution in [0.1, 0.15) is 30.9 Å². The van der Waals surface area contributed by atoms with Crippen molar-refractivity contribution in [1.29, 1.82) is 0 Å². The van der Waals surface area contributed by atoms with E-state index in [0.29, 0.717) is 6.54 Å². The van der Waals surface area contributed by atoms with E-state index in [-0.39, 0.29) is 5.54 Å². The predicted molar refractivity (Wildman–Crippen MR) is 85.8 cm³/mol. The molecule has 0 amide bonds. The van der Waals surface area contributed by atoms with Crippen LogP contribution in [0.5, 0.6) is 5.75 Å². The van der Waals surface area contributed by atoms with Crippen LogP contribution in [0.2, 0.25) is 0 Å². The van der Waals surface area contributed by atoms with Crippen molar-refractivity contribution in [3.05, 3.63) is 29.3 Å². The van der Waals surface area contributed by atoms with E-state index in [1.807, 2.05) is 13.0 Å². The summed E-state index contributed by atoms with van der Waals surface area (Å²) in [4.78, 5) is 2.36. The standard InChI is InChI=1S/C17H28N2O2/c1-4-21-11-10-19(2)17(13-18)9-5-6-14-7-8-15(20-3)12-16(14)17/h7-8,12H,4-6,9-11,13,18H2,1-3H3. The summed E-state index contributed by atoms with van der Waals surface area (Å²) in [6.07, 6.45) is 3.39. The van der Waals surface area contributed by atoms with Crippen molar-refractivity contribution in [2.24, 2.45) is 5.73 Å². The molecule has 0 saturated heterocycles.